The number of fused-ring (bicyclic) bond motifs is 1. The van der Waals surface area contributed by atoms with Crippen molar-refractivity contribution in [3.8, 4) is 5.75 Å². The number of aromatic nitrogens is 2. The minimum atomic E-state index is -0.400. The van der Waals surface area contributed by atoms with Gasteiger partial charge < -0.3 is 4.74 Å². The molecule has 0 radical (unpaired) electrons. The van der Waals surface area contributed by atoms with Crippen LogP contribution in [0.2, 0.25) is 0 Å². The number of rotatable bonds is 1. The van der Waals surface area contributed by atoms with Crippen molar-refractivity contribution in [3.63, 3.8) is 0 Å². The maximum atomic E-state index is 13.5. The van der Waals surface area contributed by atoms with Crippen LogP contribution in [-0.4, -0.2) is 16.7 Å². The fourth-order valence-corrected chi connectivity index (χ4v) is 1.53. The molecule has 0 aliphatic heterocycles. The average Bonchev–Trinajstić information content (AvgIpc) is 2.47. The number of ether oxygens (including phenoxy) is 1. The molecule has 0 aromatic carbocycles. The summed E-state index contributed by atoms with van der Waals surface area (Å²) < 4.78 is 20.4. The maximum absolute atomic E-state index is 13.5. The lowest BCUT2D eigenvalue weighted by Gasteiger charge is -2.01. The fourth-order valence-electron chi connectivity index (χ4n) is 1.14. The SMILES string of the molecule is COc1ccn2nc(Br)cc2c1F. The van der Waals surface area contributed by atoms with E-state index >= 15 is 0 Å². The zero-order valence-corrected chi connectivity index (χ0v) is 8.38. The Labute approximate surface area is 82.2 Å². The van der Waals surface area contributed by atoms with Crippen LogP contribution in [0.4, 0.5) is 4.39 Å². The Morgan fingerprint density at radius 2 is 2.38 bits per heavy atom. The summed E-state index contributed by atoms with van der Waals surface area (Å²) in [4.78, 5) is 0. The van der Waals surface area contributed by atoms with Gasteiger partial charge in [0.1, 0.15) is 10.1 Å². The third-order valence-corrected chi connectivity index (χ3v) is 2.12. The fraction of sp³-hybridized carbons (Fsp3) is 0.125. The van der Waals surface area contributed by atoms with Gasteiger partial charge in [0.05, 0.1) is 7.11 Å². The van der Waals surface area contributed by atoms with Crippen molar-refractivity contribution in [1.82, 2.24) is 9.61 Å². The molecule has 0 N–H and O–H groups in total. The second-order valence-electron chi connectivity index (χ2n) is 2.49. The average molecular weight is 245 g/mol. The Bertz CT molecular complexity index is 455. The minimum absolute atomic E-state index is 0.222. The summed E-state index contributed by atoms with van der Waals surface area (Å²) in [6.45, 7) is 0. The van der Waals surface area contributed by atoms with Gasteiger partial charge in [-0.15, -0.1) is 0 Å². The molecule has 2 rings (SSSR count). The van der Waals surface area contributed by atoms with E-state index in [1.165, 1.54) is 17.7 Å². The van der Waals surface area contributed by atoms with Gasteiger partial charge in [0, 0.05) is 18.3 Å². The van der Waals surface area contributed by atoms with Crippen molar-refractivity contribution in [1.29, 1.82) is 0 Å². The van der Waals surface area contributed by atoms with Crippen LogP contribution in [0.15, 0.2) is 22.9 Å². The van der Waals surface area contributed by atoms with Gasteiger partial charge in [0.25, 0.3) is 0 Å². The molecule has 0 amide bonds. The molecule has 2 aromatic heterocycles. The summed E-state index contributed by atoms with van der Waals surface area (Å²) in [5.41, 5.74) is 0.395. The molecule has 5 heteroatoms. The molecule has 0 spiro atoms. The second kappa shape index (κ2) is 2.99. The third-order valence-electron chi connectivity index (χ3n) is 1.73. The predicted octanol–water partition coefficient (Wildman–Crippen LogP) is 2.24. The monoisotopic (exact) mass is 244 g/mol. The van der Waals surface area contributed by atoms with Gasteiger partial charge in [-0.05, 0) is 15.9 Å². The smallest absolute Gasteiger partial charge is 0.190 e. The van der Waals surface area contributed by atoms with E-state index in [4.69, 9.17) is 4.74 Å². The van der Waals surface area contributed by atoms with E-state index in [0.717, 1.165) is 0 Å². The molecule has 0 fully saturated rings. The lowest BCUT2D eigenvalue weighted by atomic mass is 10.3. The van der Waals surface area contributed by atoms with Gasteiger partial charge in [-0.2, -0.15) is 5.10 Å². The van der Waals surface area contributed by atoms with Gasteiger partial charge in [-0.1, -0.05) is 0 Å². The normalized spacial score (nSPS) is 10.7. The summed E-state index contributed by atoms with van der Waals surface area (Å²) in [5, 5.41) is 3.99. The molecule has 0 bridgehead atoms. The molecule has 0 aliphatic rings. The third kappa shape index (κ3) is 1.29. The Morgan fingerprint density at radius 3 is 3.08 bits per heavy atom. The second-order valence-corrected chi connectivity index (χ2v) is 3.31. The van der Waals surface area contributed by atoms with Crippen LogP contribution in [-0.2, 0) is 0 Å². The van der Waals surface area contributed by atoms with Crippen LogP contribution in [0.3, 0.4) is 0 Å². The van der Waals surface area contributed by atoms with Crippen LogP contribution in [0.5, 0.6) is 5.75 Å². The first-order valence-electron chi connectivity index (χ1n) is 3.60. The molecule has 68 valence electrons. The van der Waals surface area contributed by atoms with Crippen LogP contribution < -0.4 is 4.74 Å². The number of hydrogen-bond acceptors (Lipinski definition) is 2. The van der Waals surface area contributed by atoms with Gasteiger partial charge in [-0.3, -0.25) is 0 Å². The minimum Gasteiger partial charge on any atom is -0.494 e. The summed E-state index contributed by atoms with van der Waals surface area (Å²) in [7, 11) is 1.43. The van der Waals surface area contributed by atoms with Gasteiger partial charge >= 0.3 is 0 Å². The van der Waals surface area contributed by atoms with Crippen molar-refractivity contribution < 1.29 is 9.13 Å². The standard InChI is InChI=1S/C8H6BrFN2O/c1-13-6-2-3-12-5(8(6)10)4-7(9)11-12/h2-4H,1H3. The highest BCUT2D eigenvalue weighted by Crippen LogP contribution is 2.22. The van der Waals surface area contributed by atoms with E-state index in [2.05, 4.69) is 21.0 Å². The molecule has 13 heavy (non-hydrogen) atoms. The largest absolute Gasteiger partial charge is 0.494 e. The van der Waals surface area contributed by atoms with Crippen LogP contribution in [0, 0.1) is 5.82 Å². The van der Waals surface area contributed by atoms with E-state index < -0.39 is 5.82 Å². The first-order chi connectivity index (χ1) is 6.22. The number of hydrogen-bond donors (Lipinski definition) is 0. The predicted molar refractivity (Wildman–Crippen MR) is 49.4 cm³/mol. The van der Waals surface area contributed by atoms with Crippen LogP contribution in [0.1, 0.15) is 0 Å². The summed E-state index contributed by atoms with van der Waals surface area (Å²) in [5.74, 6) is -0.178. The highest BCUT2D eigenvalue weighted by atomic mass is 79.9. The number of pyridine rings is 1. The summed E-state index contributed by atoms with van der Waals surface area (Å²) >= 11 is 3.17. The first kappa shape index (κ1) is 8.50. The molecule has 0 saturated heterocycles. The van der Waals surface area contributed by atoms with Crippen LogP contribution >= 0.6 is 15.9 Å². The molecule has 0 atom stereocenters. The van der Waals surface area contributed by atoms with E-state index in [1.54, 1.807) is 12.3 Å². The number of methoxy groups -OCH3 is 1. The molecule has 2 heterocycles. The Kier molecular flexibility index (Phi) is 1.95. The molecule has 3 nitrogen and oxygen atoms in total. The molecule has 0 aliphatic carbocycles. The van der Waals surface area contributed by atoms with Crippen molar-refractivity contribution in [3.05, 3.63) is 28.7 Å². The maximum Gasteiger partial charge on any atom is 0.190 e. The highest BCUT2D eigenvalue weighted by molar-refractivity contribution is 9.10. The molecular formula is C8H6BrFN2O. The first-order valence-corrected chi connectivity index (χ1v) is 4.39. The zero-order valence-electron chi connectivity index (χ0n) is 6.79. The van der Waals surface area contributed by atoms with Crippen LogP contribution in [0.25, 0.3) is 5.52 Å². The van der Waals surface area contributed by atoms with E-state index in [0.29, 0.717) is 10.1 Å². The Balaban J connectivity index is 2.78. The summed E-state index contributed by atoms with van der Waals surface area (Å²) in [6.07, 6.45) is 1.64. The Morgan fingerprint density at radius 1 is 1.62 bits per heavy atom. The summed E-state index contributed by atoms with van der Waals surface area (Å²) in [6, 6.07) is 3.12. The lowest BCUT2D eigenvalue weighted by Crippen LogP contribution is -1.93. The van der Waals surface area contributed by atoms with E-state index in [-0.39, 0.29) is 5.75 Å². The van der Waals surface area contributed by atoms with E-state index in [1.807, 2.05) is 0 Å². The quantitative estimate of drug-likeness (QED) is 0.770. The van der Waals surface area contributed by atoms with Crippen molar-refractivity contribution >= 4 is 21.4 Å². The molecule has 0 unspecified atom stereocenters. The molecular weight excluding hydrogens is 239 g/mol. The van der Waals surface area contributed by atoms with Crippen molar-refractivity contribution in [2.75, 3.05) is 7.11 Å². The van der Waals surface area contributed by atoms with Crippen molar-refractivity contribution in [2.45, 2.75) is 0 Å². The van der Waals surface area contributed by atoms with Crippen molar-refractivity contribution in [2.24, 2.45) is 0 Å². The van der Waals surface area contributed by atoms with Gasteiger partial charge in [-0.25, -0.2) is 8.91 Å². The zero-order chi connectivity index (χ0) is 9.42. The van der Waals surface area contributed by atoms with Gasteiger partial charge in [0.15, 0.2) is 11.6 Å². The number of halogens is 2. The van der Waals surface area contributed by atoms with Gasteiger partial charge in [0.2, 0.25) is 0 Å². The highest BCUT2D eigenvalue weighted by Gasteiger charge is 2.09. The number of nitrogens with zero attached hydrogens (tertiary/aromatic N) is 2. The lowest BCUT2D eigenvalue weighted by molar-refractivity contribution is 0.387. The Hall–Kier alpha value is -1.10. The molecule has 2 aromatic rings. The van der Waals surface area contributed by atoms with E-state index in [9.17, 15) is 4.39 Å². The topological polar surface area (TPSA) is 26.5 Å². The molecule has 0 saturated carbocycles.